The molecule has 1 aliphatic rings. The monoisotopic (exact) mass is 833 g/mol. The minimum atomic E-state index is -0.318. The van der Waals surface area contributed by atoms with Crippen LogP contribution in [0.1, 0.15) is 49.9 Å². The fourth-order valence-electron chi connectivity index (χ4n) is 10.5. The molecule has 65 heavy (non-hydrogen) atoms. The number of benzene rings is 10. The van der Waals surface area contributed by atoms with Crippen LogP contribution in [0, 0.1) is 0 Å². The van der Waals surface area contributed by atoms with E-state index in [0.29, 0.717) is 0 Å². The third kappa shape index (κ3) is 6.78. The van der Waals surface area contributed by atoms with Gasteiger partial charge in [0.2, 0.25) is 0 Å². The van der Waals surface area contributed by atoms with Gasteiger partial charge in [0.05, 0.1) is 17.1 Å². The van der Waals surface area contributed by atoms with Crippen LogP contribution in [-0.2, 0) is 10.8 Å². The van der Waals surface area contributed by atoms with Crippen molar-refractivity contribution in [2.75, 3.05) is 4.90 Å². The van der Waals surface area contributed by atoms with Crippen molar-refractivity contribution in [1.82, 2.24) is 0 Å². The minimum absolute atomic E-state index is 0.0458. The molecule has 0 spiro atoms. The van der Waals surface area contributed by atoms with Crippen LogP contribution < -0.4 is 4.90 Å². The maximum absolute atomic E-state index is 2.54. The lowest BCUT2D eigenvalue weighted by Crippen LogP contribution is -2.22. The molecule has 10 aromatic carbocycles. The zero-order chi connectivity index (χ0) is 44.1. The SMILES string of the molecule is CC(C)(C)c1ccc(-c2ccccc2N(c2ccccc2-c2cccc3c2-c2ccccc2C3(C)c2ccccc2)c2ccccc2-c2cccc3cccc(-c4ccccc4)c23)cc1. The van der Waals surface area contributed by atoms with Gasteiger partial charge in [-0.2, -0.15) is 0 Å². The molecule has 0 amide bonds. The zero-order valence-electron chi connectivity index (χ0n) is 37.5. The first-order valence-corrected chi connectivity index (χ1v) is 22.9. The van der Waals surface area contributed by atoms with Gasteiger partial charge in [0.25, 0.3) is 0 Å². The summed E-state index contributed by atoms with van der Waals surface area (Å²) >= 11 is 0. The fourth-order valence-corrected chi connectivity index (χ4v) is 10.5. The molecular weight excluding hydrogens is 783 g/mol. The van der Waals surface area contributed by atoms with Gasteiger partial charge in [-0.05, 0) is 103 Å². The van der Waals surface area contributed by atoms with Crippen molar-refractivity contribution in [3.8, 4) is 55.6 Å². The van der Waals surface area contributed by atoms with Crippen molar-refractivity contribution in [3.63, 3.8) is 0 Å². The second-order valence-electron chi connectivity index (χ2n) is 18.6. The van der Waals surface area contributed by atoms with Crippen LogP contribution in [0.4, 0.5) is 17.1 Å². The van der Waals surface area contributed by atoms with Gasteiger partial charge in [-0.3, -0.25) is 0 Å². The molecule has 11 rings (SSSR count). The molecule has 0 saturated heterocycles. The Balaban J connectivity index is 1.20. The normalized spacial score (nSPS) is 14.2. The van der Waals surface area contributed by atoms with Crippen molar-refractivity contribution >= 4 is 27.8 Å². The summed E-state index contributed by atoms with van der Waals surface area (Å²) in [6.45, 7) is 9.25. The average molecular weight is 834 g/mol. The lowest BCUT2D eigenvalue weighted by Gasteiger charge is -2.32. The van der Waals surface area contributed by atoms with Crippen LogP contribution >= 0.6 is 0 Å². The Labute approximate surface area is 384 Å². The Morgan fingerprint density at radius 3 is 1.43 bits per heavy atom. The molecule has 10 aromatic rings. The Morgan fingerprint density at radius 1 is 0.338 bits per heavy atom. The van der Waals surface area contributed by atoms with Crippen LogP contribution in [0.3, 0.4) is 0 Å². The van der Waals surface area contributed by atoms with Crippen molar-refractivity contribution in [1.29, 1.82) is 0 Å². The highest BCUT2D eigenvalue weighted by atomic mass is 15.1. The second kappa shape index (κ2) is 16.1. The predicted octanol–water partition coefficient (Wildman–Crippen LogP) is 17.6. The summed E-state index contributed by atoms with van der Waals surface area (Å²) in [6, 6.07) is 87.5. The number of hydrogen-bond donors (Lipinski definition) is 0. The van der Waals surface area contributed by atoms with E-state index in [-0.39, 0.29) is 10.8 Å². The van der Waals surface area contributed by atoms with Gasteiger partial charge < -0.3 is 4.90 Å². The first kappa shape index (κ1) is 40.1. The van der Waals surface area contributed by atoms with Crippen molar-refractivity contribution in [3.05, 3.63) is 259 Å². The minimum Gasteiger partial charge on any atom is -0.309 e. The molecular formula is C64H51N. The Kier molecular flexibility index (Phi) is 9.93. The van der Waals surface area contributed by atoms with E-state index >= 15 is 0 Å². The molecule has 1 aliphatic carbocycles. The van der Waals surface area contributed by atoms with Crippen molar-refractivity contribution < 1.29 is 0 Å². The molecule has 0 aromatic heterocycles. The summed E-state index contributed by atoms with van der Waals surface area (Å²) in [5.41, 5.74) is 20.4. The molecule has 0 radical (unpaired) electrons. The summed E-state index contributed by atoms with van der Waals surface area (Å²) in [7, 11) is 0. The number of para-hydroxylation sites is 3. The summed E-state index contributed by atoms with van der Waals surface area (Å²) in [5.74, 6) is 0. The first-order chi connectivity index (χ1) is 31.8. The summed E-state index contributed by atoms with van der Waals surface area (Å²) < 4.78 is 0. The van der Waals surface area contributed by atoms with Gasteiger partial charge in [0.15, 0.2) is 0 Å². The molecule has 1 atom stereocenters. The van der Waals surface area contributed by atoms with Gasteiger partial charge in [0, 0.05) is 22.1 Å². The Hall–Kier alpha value is -7.74. The smallest absolute Gasteiger partial charge is 0.0540 e. The molecule has 1 nitrogen and oxygen atoms in total. The zero-order valence-corrected chi connectivity index (χ0v) is 37.5. The molecule has 1 unspecified atom stereocenters. The lowest BCUT2D eigenvalue weighted by molar-refractivity contribution is 0.590. The third-order valence-corrected chi connectivity index (χ3v) is 13.8. The topological polar surface area (TPSA) is 3.24 Å². The molecule has 0 saturated carbocycles. The first-order valence-electron chi connectivity index (χ1n) is 22.9. The van der Waals surface area contributed by atoms with Crippen LogP contribution in [0.5, 0.6) is 0 Å². The summed E-state index contributed by atoms with van der Waals surface area (Å²) in [4.78, 5) is 2.54. The predicted molar refractivity (Wildman–Crippen MR) is 277 cm³/mol. The van der Waals surface area contributed by atoms with E-state index in [0.717, 1.165) is 22.6 Å². The van der Waals surface area contributed by atoms with E-state index in [2.05, 4.69) is 269 Å². The second-order valence-corrected chi connectivity index (χ2v) is 18.6. The largest absolute Gasteiger partial charge is 0.309 e. The van der Waals surface area contributed by atoms with Crippen LogP contribution in [-0.4, -0.2) is 0 Å². The molecule has 0 fully saturated rings. The van der Waals surface area contributed by atoms with Gasteiger partial charge in [-0.25, -0.2) is 0 Å². The van der Waals surface area contributed by atoms with E-state index < -0.39 is 0 Å². The van der Waals surface area contributed by atoms with Crippen molar-refractivity contribution in [2.45, 2.75) is 38.5 Å². The molecule has 0 heterocycles. The number of hydrogen-bond acceptors (Lipinski definition) is 1. The molecule has 0 N–H and O–H groups in total. The van der Waals surface area contributed by atoms with E-state index in [1.54, 1.807) is 0 Å². The summed E-state index contributed by atoms with van der Waals surface area (Å²) in [5, 5.41) is 2.45. The van der Waals surface area contributed by atoms with E-state index in [1.807, 2.05) is 0 Å². The quantitative estimate of drug-likeness (QED) is 0.147. The van der Waals surface area contributed by atoms with E-state index in [4.69, 9.17) is 0 Å². The summed E-state index contributed by atoms with van der Waals surface area (Å²) in [6.07, 6.45) is 0. The van der Waals surface area contributed by atoms with Gasteiger partial charge in [-0.15, -0.1) is 0 Å². The number of nitrogens with zero attached hydrogens (tertiary/aromatic N) is 1. The number of rotatable bonds is 8. The van der Waals surface area contributed by atoms with Gasteiger partial charge in [-0.1, -0.05) is 239 Å². The standard InChI is InChI=1S/C64H51N/c1-63(2,3)47-42-40-45(41-43-47)49-28-12-16-37-58(49)65(59-38-17-13-29-51(59)53-33-20-25-46-24-19-32-50(61(46)53)44-22-7-5-8-23-44)60-39-18-14-30-52(60)54-34-21-36-57-62(54)55-31-11-15-35-56(55)64(57,4)48-26-9-6-10-27-48/h5-43H,1-4H3. The highest BCUT2D eigenvalue weighted by Gasteiger charge is 2.42. The van der Waals surface area contributed by atoms with Crippen LogP contribution in [0.2, 0.25) is 0 Å². The maximum atomic E-state index is 2.54. The number of fused-ring (bicyclic) bond motifs is 4. The van der Waals surface area contributed by atoms with Gasteiger partial charge >= 0.3 is 0 Å². The average Bonchev–Trinajstić information content (AvgIpc) is 3.63. The molecule has 0 bridgehead atoms. The maximum Gasteiger partial charge on any atom is 0.0540 e. The molecule has 1 heteroatoms. The van der Waals surface area contributed by atoms with E-state index in [1.165, 1.54) is 83.1 Å². The van der Waals surface area contributed by atoms with Crippen LogP contribution in [0.25, 0.3) is 66.4 Å². The highest BCUT2D eigenvalue weighted by molar-refractivity contribution is 6.10. The van der Waals surface area contributed by atoms with E-state index in [9.17, 15) is 0 Å². The Morgan fingerprint density at radius 2 is 0.785 bits per heavy atom. The van der Waals surface area contributed by atoms with Crippen LogP contribution in [0.15, 0.2) is 237 Å². The molecule has 0 aliphatic heterocycles. The lowest BCUT2D eigenvalue weighted by atomic mass is 9.74. The number of anilines is 3. The molecule has 312 valence electrons. The third-order valence-electron chi connectivity index (χ3n) is 13.8. The van der Waals surface area contributed by atoms with Gasteiger partial charge in [0.1, 0.15) is 0 Å². The van der Waals surface area contributed by atoms with Crippen molar-refractivity contribution in [2.24, 2.45) is 0 Å². The highest BCUT2D eigenvalue weighted by Crippen LogP contribution is 2.57. The fraction of sp³-hybridized carbons (Fsp3) is 0.0938. The Bertz CT molecular complexity index is 3350.